The van der Waals surface area contributed by atoms with E-state index in [1.54, 1.807) is 0 Å². The van der Waals surface area contributed by atoms with Gasteiger partial charge in [0.1, 0.15) is 7.05 Å². The minimum Gasteiger partial charge on any atom is -0.355 e. The summed E-state index contributed by atoms with van der Waals surface area (Å²) in [6.45, 7) is 0. The molecular weight excluding hydrogens is 949 g/mol. The molecule has 3 nitrogen and oxygen atoms in total. The van der Waals surface area contributed by atoms with Gasteiger partial charge in [-0.15, -0.1) is 0 Å². The van der Waals surface area contributed by atoms with Crippen molar-refractivity contribution in [1.82, 2.24) is 4.57 Å². The Balaban J connectivity index is 0.000000365. The van der Waals surface area contributed by atoms with Gasteiger partial charge < -0.3 is 10.3 Å². The Morgan fingerprint density at radius 2 is 1.20 bits per heavy atom. The van der Waals surface area contributed by atoms with Crippen LogP contribution >= 0.6 is 81.3 Å². The molecule has 3 aliphatic rings. The molecule has 0 aliphatic heterocycles. The van der Waals surface area contributed by atoms with E-state index in [4.69, 9.17) is 81.3 Å². The zero-order valence-electron chi connectivity index (χ0n) is 31.0. The van der Waals surface area contributed by atoms with Crippen LogP contribution in [-0.4, -0.2) is 34.0 Å². The van der Waals surface area contributed by atoms with Gasteiger partial charge in [0.05, 0.1) is 11.7 Å². The summed E-state index contributed by atoms with van der Waals surface area (Å²) in [6.07, 6.45) is 22.7. The minimum atomic E-state index is -2.21. The number of hydrogen-bond acceptors (Lipinski definition) is 0. The number of benzene rings is 3. The number of quaternary nitrogens is 1. The SMILES string of the molecule is Cn1c(-c2ccc(Cl)cc2)c(C(=C2C=CC(=[N+](C)C3CCCCC3)C=C2)c2ccccc2Cl)c2ccccc21.[Cl][Zn-]([Cl])[Cl].[Cl][Zn-]([Cl])[Cl].[NH3+]C1CCCCC1. The molecule has 0 bridgehead atoms. The number of rotatable bonds is 4. The third-order valence-electron chi connectivity index (χ3n) is 10.0. The van der Waals surface area contributed by atoms with Crippen molar-refractivity contribution in [3.05, 3.63) is 124 Å². The number of fused-ring (bicyclic) bond motifs is 1. The van der Waals surface area contributed by atoms with Crippen LogP contribution < -0.4 is 5.73 Å². The van der Waals surface area contributed by atoms with Crippen molar-refractivity contribution in [3.8, 4) is 11.3 Å². The van der Waals surface area contributed by atoms with Crippen LogP contribution in [0, 0.1) is 0 Å². The Hall–Kier alpha value is -0.383. The van der Waals surface area contributed by atoms with Crippen molar-refractivity contribution in [3.63, 3.8) is 0 Å². The maximum Gasteiger partial charge on any atom is 0.0843 e. The molecule has 3 N–H and O–H groups in total. The molecule has 54 heavy (non-hydrogen) atoms. The minimum absolute atomic E-state index is 0.617. The fourth-order valence-corrected chi connectivity index (χ4v) is 7.78. The van der Waals surface area contributed by atoms with Crippen LogP contribution in [0.3, 0.4) is 0 Å². The van der Waals surface area contributed by atoms with Crippen LogP contribution in [0.4, 0.5) is 0 Å². The zero-order valence-corrected chi connectivity index (χ0v) is 43.0. The molecule has 0 spiro atoms. The summed E-state index contributed by atoms with van der Waals surface area (Å²) < 4.78 is 4.76. The average Bonchev–Trinajstić information content (AvgIpc) is 3.45. The summed E-state index contributed by atoms with van der Waals surface area (Å²) in [7, 11) is 34.5. The number of hydrogen-bond donors (Lipinski definition) is 1. The second kappa shape index (κ2) is 23.9. The smallest absolute Gasteiger partial charge is 0.0843 e. The van der Waals surface area contributed by atoms with Crippen LogP contribution in [0.15, 0.2) is 103 Å². The molecular formula is C41H47Cl8N3Zn2. The fraction of sp³-hybridized carbons (Fsp3) is 0.341. The first-order valence-electron chi connectivity index (χ1n) is 18.6. The summed E-state index contributed by atoms with van der Waals surface area (Å²) in [5.74, 6) is 0. The standard InChI is InChI=1S/C35H33Cl2N2.C6H13N.6ClH.2Zn/c1-38(27-10-4-3-5-11-27)28-22-18-24(19-23-28)33(29-12-6-8-14-31(29)37)34-30-13-7-9-15-32(30)39(2)35(34)25-16-20-26(36)21-17-25;7-6-4-2-1-3-5-6;;;;;;;;/h6-9,12-23,27H,3-5,10-11H2,1-2H3;6H,1-5,7H2;6*1H;;/q+1;;;;;;;;2*+2/p-5. The van der Waals surface area contributed by atoms with Crippen LogP contribution in [0.25, 0.3) is 27.7 Å². The number of para-hydroxylation sites is 1. The van der Waals surface area contributed by atoms with Crippen molar-refractivity contribution in [2.75, 3.05) is 7.05 Å². The van der Waals surface area contributed by atoms with E-state index in [0.717, 1.165) is 44.1 Å². The summed E-state index contributed by atoms with van der Waals surface area (Å²) in [5.41, 5.74) is 13.2. The van der Waals surface area contributed by atoms with Gasteiger partial charge in [-0.2, -0.15) is 0 Å². The Bertz CT molecular complexity index is 1890. The Kier molecular flexibility index (Phi) is 20.5. The van der Waals surface area contributed by atoms with E-state index in [2.05, 4.69) is 102 Å². The molecule has 3 aliphatic carbocycles. The molecule has 4 aromatic rings. The summed E-state index contributed by atoms with van der Waals surface area (Å²) in [4.78, 5) is 0. The second-order valence-electron chi connectivity index (χ2n) is 13.7. The molecule has 1 heterocycles. The van der Waals surface area contributed by atoms with Crippen LogP contribution in [-0.2, 0) is 33.0 Å². The van der Waals surface area contributed by atoms with Gasteiger partial charge >= 0.3 is 84.1 Å². The van der Waals surface area contributed by atoms with Gasteiger partial charge in [-0.05, 0) is 86.1 Å². The molecule has 0 atom stereocenters. The molecule has 0 unspecified atom stereocenters. The van der Waals surface area contributed by atoms with E-state index in [1.807, 2.05) is 24.3 Å². The summed E-state index contributed by atoms with van der Waals surface area (Å²) in [5, 5.41) is 2.67. The van der Waals surface area contributed by atoms with Crippen molar-refractivity contribution >= 4 is 104 Å². The third kappa shape index (κ3) is 13.9. The number of aromatic nitrogens is 1. The van der Waals surface area contributed by atoms with Crippen LogP contribution in [0.5, 0.6) is 0 Å². The molecule has 7 rings (SSSR count). The van der Waals surface area contributed by atoms with Crippen molar-refractivity contribution in [2.45, 2.75) is 76.3 Å². The predicted octanol–water partition coefficient (Wildman–Crippen LogP) is 14.2. The van der Waals surface area contributed by atoms with Gasteiger partial charge in [-0.3, -0.25) is 0 Å². The van der Waals surface area contributed by atoms with E-state index in [1.165, 1.54) is 86.4 Å². The van der Waals surface area contributed by atoms with E-state index in [9.17, 15) is 0 Å². The quantitative estimate of drug-likeness (QED) is 0.156. The van der Waals surface area contributed by atoms with Gasteiger partial charge in [-0.25, -0.2) is 4.58 Å². The summed E-state index contributed by atoms with van der Waals surface area (Å²) >= 11 is 8.80. The van der Waals surface area contributed by atoms with Gasteiger partial charge in [0.25, 0.3) is 0 Å². The number of allylic oxidation sites excluding steroid dienone is 5. The number of halogens is 8. The molecule has 13 heteroatoms. The van der Waals surface area contributed by atoms with Gasteiger partial charge in [0.2, 0.25) is 0 Å². The molecule has 2 fully saturated rings. The molecule has 3 aromatic carbocycles. The normalized spacial score (nSPS) is 15.7. The molecule has 0 radical (unpaired) electrons. The summed E-state index contributed by atoms with van der Waals surface area (Å²) in [6, 6.07) is 26.3. The van der Waals surface area contributed by atoms with Crippen molar-refractivity contribution in [1.29, 1.82) is 0 Å². The molecule has 0 amide bonds. The second-order valence-corrected chi connectivity index (χ2v) is 42.3. The first-order chi connectivity index (χ1) is 25.9. The van der Waals surface area contributed by atoms with E-state index in [0.29, 0.717) is 6.04 Å². The van der Waals surface area contributed by atoms with Crippen LogP contribution in [0.1, 0.15) is 75.3 Å². The average molecular weight is 996 g/mol. The van der Waals surface area contributed by atoms with E-state index < -0.39 is 26.0 Å². The van der Waals surface area contributed by atoms with Crippen molar-refractivity contribution in [2.24, 2.45) is 7.05 Å². The third-order valence-corrected chi connectivity index (χ3v) is 10.6. The van der Waals surface area contributed by atoms with Crippen molar-refractivity contribution < 1.29 is 36.3 Å². The van der Waals surface area contributed by atoms with Gasteiger partial charge in [-0.1, -0.05) is 84.6 Å². The monoisotopic (exact) mass is 989 g/mol. The topological polar surface area (TPSA) is 35.6 Å². The number of nitrogens with zero attached hydrogens (tertiary/aromatic N) is 2. The molecule has 0 saturated heterocycles. The Morgan fingerprint density at radius 3 is 1.74 bits per heavy atom. The molecule has 1 aromatic heterocycles. The van der Waals surface area contributed by atoms with E-state index >= 15 is 0 Å². The van der Waals surface area contributed by atoms with Gasteiger partial charge in [0, 0.05) is 69.7 Å². The Morgan fingerprint density at radius 1 is 0.685 bits per heavy atom. The predicted molar refractivity (Wildman–Crippen MR) is 232 cm³/mol. The Labute approximate surface area is 366 Å². The maximum atomic E-state index is 6.93. The largest absolute Gasteiger partial charge is 0.355 e. The first-order valence-corrected chi connectivity index (χ1v) is 42.8. The van der Waals surface area contributed by atoms with E-state index in [-0.39, 0.29) is 0 Å². The zero-order chi connectivity index (χ0) is 39.2. The fourth-order valence-electron chi connectivity index (χ4n) is 7.42. The molecule has 2 saturated carbocycles. The molecule has 286 valence electrons. The maximum absolute atomic E-state index is 6.93. The number of aryl methyl sites for hydroxylation is 1. The van der Waals surface area contributed by atoms with Gasteiger partial charge in [0.15, 0.2) is 11.8 Å². The first kappa shape index (κ1) is 46.3. The van der Waals surface area contributed by atoms with Crippen LogP contribution in [0.2, 0.25) is 10.0 Å².